The van der Waals surface area contributed by atoms with Crippen LogP contribution in [0.15, 0.2) is 47.6 Å². The largest absolute Gasteiger partial charge is 0.497 e. The molecule has 2 aliphatic rings. The summed E-state index contributed by atoms with van der Waals surface area (Å²) in [4.78, 5) is 19.9. The van der Waals surface area contributed by atoms with Crippen molar-refractivity contribution in [2.24, 2.45) is 11.1 Å². The molecule has 0 N–H and O–H groups in total. The Balaban J connectivity index is 1.57. The van der Waals surface area contributed by atoms with Gasteiger partial charge in [0.15, 0.2) is 6.10 Å². The predicted molar refractivity (Wildman–Crippen MR) is 95.2 cm³/mol. The minimum atomic E-state index is -0.446. The average Bonchev–Trinajstić information content (AvgIpc) is 3.23. The second-order valence-corrected chi connectivity index (χ2v) is 6.67. The van der Waals surface area contributed by atoms with Gasteiger partial charge in [0, 0.05) is 12.1 Å². The third kappa shape index (κ3) is 2.80. The number of oxime groups is 1. The third-order valence-electron chi connectivity index (χ3n) is 4.73. The van der Waals surface area contributed by atoms with Crippen molar-refractivity contribution in [2.45, 2.75) is 6.10 Å². The number of carbonyl (C=O) groups is 1. The lowest BCUT2D eigenvalue weighted by Gasteiger charge is -2.17. The van der Waals surface area contributed by atoms with Gasteiger partial charge in [0.05, 0.1) is 30.2 Å². The molecule has 7 heteroatoms. The van der Waals surface area contributed by atoms with E-state index in [1.165, 1.54) is 6.07 Å². The van der Waals surface area contributed by atoms with Crippen molar-refractivity contribution in [1.29, 1.82) is 0 Å². The van der Waals surface area contributed by atoms with Gasteiger partial charge in [-0.2, -0.15) is 0 Å². The molecule has 4 rings (SSSR count). The predicted octanol–water partition coefficient (Wildman–Crippen LogP) is 3.36. The highest BCUT2D eigenvalue weighted by Crippen LogP contribution is 2.34. The maximum absolute atomic E-state index is 14.2. The summed E-state index contributed by atoms with van der Waals surface area (Å²) in [7, 11) is 1.55. The van der Waals surface area contributed by atoms with Gasteiger partial charge in [-0.25, -0.2) is 4.39 Å². The molecule has 26 heavy (non-hydrogen) atoms. The van der Waals surface area contributed by atoms with Gasteiger partial charge in [-0.3, -0.25) is 4.79 Å². The number of methoxy groups -OCH3 is 1. The van der Waals surface area contributed by atoms with Crippen LogP contribution in [0.25, 0.3) is 0 Å². The average molecular weight is 375 g/mol. The number of fused-ring (bicyclic) bond motifs is 1. The minimum absolute atomic E-state index is 0.124. The molecule has 2 unspecified atom stereocenters. The number of hydrogen-bond donors (Lipinski definition) is 0. The highest BCUT2D eigenvalue weighted by atomic mass is 35.5. The first kappa shape index (κ1) is 16.8. The van der Waals surface area contributed by atoms with Crippen molar-refractivity contribution >= 4 is 23.2 Å². The Morgan fingerprint density at radius 1 is 1.31 bits per heavy atom. The summed E-state index contributed by atoms with van der Waals surface area (Å²) in [5.74, 6) is -0.162. The number of amides is 1. The Morgan fingerprint density at radius 3 is 2.88 bits per heavy atom. The van der Waals surface area contributed by atoms with Crippen molar-refractivity contribution in [3.8, 4) is 5.75 Å². The normalized spacial score (nSPS) is 21.2. The Kier molecular flexibility index (Phi) is 4.28. The minimum Gasteiger partial charge on any atom is -0.497 e. The van der Waals surface area contributed by atoms with E-state index in [-0.39, 0.29) is 28.5 Å². The van der Waals surface area contributed by atoms with Gasteiger partial charge < -0.3 is 14.5 Å². The van der Waals surface area contributed by atoms with Crippen LogP contribution in [0.5, 0.6) is 5.75 Å². The van der Waals surface area contributed by atoms with E-state index in [2.05, 4.69) is 5.16 Å². The third-order valence-corrected chi connectivity index (χ3v) is 5.04. The van der Waals surface area contributed by atoms with Gasteiger partial charge in [0.25, 0.3) is 5.91 Å². The molecule has 2 aromatic rings. The van der Waals surface area contributed by atoms with E-state index in [1.807, 2.05) is 0 Å². The van der Waals surface area contributed by atoms with Crippen LogP contribution in [0.2, 0.25) is 5.02 Å². The van der Waals surface area contributed by atoms with E-state index in [4.69, 9.17) is 21.2 Å². The second-order valence-electron chi connectivity index (χ2n) is 6.27. The molecule has 134 valence electrons. The first-order valence-electron chi connectivity index (χ1n) is 8.20. The zero-order chi connectivity index (χ0) is 18.3. The number of carbonyl (C=O) groups excluding carboxylic acids is 1. The maximum atomic E-state index is 14.2. The smallest absolute Gasteiger partial charge is 0.254 e. The molecule has 0 radical (unpaired) electrons. The van der Waals surface area contributed by atoms with E-state index in [0.29, 0.717) is 30.1 Å². The maximum Gasteiger partial charge on any atom is 0.254 e. The lowest BCUT2D eigenvalue weighted by atomic mass is 9.94. The summed E-state index contributed by atoms with van der Waals surface area (Å²) in [6.45, 7) is 0.782. The molecule has 0 spiro atoms. The highest BCUT2D eigenvalue weighted by Gasteiger charge is 2.45. The molecule has 2 aliphatic heterocycles. The number of halogens is 2. The number of benzene rings is 2. The van der Waals surface area contributed by atoms with Gasteiger partial charge in [-0.1, -0.05) is 28.9 Å². The molecule has 1 fully saturated rings. The van der Waals surface area contributed by atoms with Crippen LogP contribution >= 0.6 is 11.6 Å². The lowest BCUT2D eigenvalue weighted by molar-refractivity contribution is 0.0631. The molecule has 2 atom stereocenters. The fourth-order valence-electron chi connectivity index (χ4n) is 3.41. The first-order chi connectivity index (χ1) is 12.6. The molecule has 0 aliphatic carbocycles. The molecule has 0 aromatic heterocycles. The molecule has 0 bridgehead atoms. The van der Waals surface area contributed by atoms with Crippen molar-refractivity contribution in [3.05, 3.63) is 64.4 Å². The van der Waals surface area contributed by atoms with Crippen LogP contribution in [-0.4, -0.2) is 42.8 Å². The summed E-state index contributed by atoms with van der Waals surface area (Å²) in [5.41, 5.74) is 1.24. The summed E-state index contributed by atoms with van der Waals surface area (Å²) in [6, 6.07) is 11.5. The molecule has 0 saturated carbocycles. The first-order valence-corrected chi connectivity index (χ1v) is 8.57. The molecule has 1 amide bonds. The molecular weight excluding hydrogens is 359 g/mol. The lowest BCUT2D eigenvalue weighted by Crippen LogP contribution is -2.30. The van der Waals surface area contributed by atoms with Crippen LogP contribution in [0.3, 0.4) is 0 Å². The number of nitrogens with zero attached hydrogens (tertiary/aromatic N) is 2. The molecule has 2 aromatic carbocycles. The Hall–Kier alpha value is -2.60. The van der Waals surface area contributed by atoms with Crippen LogP contribution in [0.4, 0.5) is 4.39 Å². The summed E-state index contributed by atoms with van der Waals surface area (Å²) >= 11 is 6.16. The summed E-state index contributed by atoms with van der Waals surface area (Å²) in [6.07, 6.45) is -0.296. The monoisotopic (exact) mass is 374 g/mol. The Morgan fingerprint density at radius 2 is 2.12 bits per heavy atom. The zero-order valence-electron chi connectivity index (χ0n) is 14.0. The Bertz CT molecular complexity index is 882. The van der Waals surface area contributed by atoms with Crippen LogP contribution in [0, 0.1) is 11.7 Å². The van der Waals surface area contributed by atoms with Crippen LogP contribution in [-0.2, 0) is 4.84 Å². The van der Waals surface area contributed by atoms with Crippen LogP contribution < -0.4 is 4.74 Å². The van der Waals surface area contributed by atoms with Crippen molar-refractivity contribution in [2.75, 3.05) is 20.2 Å². The van der Waals surface area contributed by atoms with E-state index in [9.17, 15) is 9.18 Å². The second kappa shape index (κ2) is 6.61. The Labute approximate surface area is 154 Å². The van der Waals surface area contributed by atoms with E-state index in [0.717, 1.165) is 0 Å². The number of hydrogen-bond acceptors (Lipinski definition) is 4. The molecule has 2 heterocycles. The fraction of sp³-hybridized carbons (Fsp3) is 0.263. The number of ether oxygens (including phenoxy) is 1. The van der Waals surface area contributed by atoms with Crippen LogP contribution in [0.1, 0.15) is 15.9 Å². The topological polar surface area (TPSA) is 51.1 Å². The van der Waals surface area contributed by atoms with Crippen molar-refractivity contribution in [3.63, 3.8) is 0 Å². The molecule has 1 saturated heterocycles. The van der Waals surface area contributed by atoms with Gasteiger partial charge >= 0.3 is 0 Å². The van der Waals surface area contributed by atoms with Gasteiger partial charge in [-0.15, -0.1) is 0 Å². The SMILES string of the molecule is COc1cccc(C(=O)N2CC3ON=C(c4c(F)cccc4Cl)C3C2)c1. The van der Waals surface area contributed by atoms with Gasteiger partial charge in [-0.05, 0) is 30.3 Å². The standard InChI is InChI=1S/C19H16ClFN2O3/c1-25-12-5-2-4-11(8-12)19(24)23-9-13-16(10-23)26-22-18(13)17-14(20)6-3-7-15(17)21/h2-8,13,16H,9-10H2,1H3. The van der Waals surface area contributed by atoms with E-state index in [1.54, 1.807) is 48.4 Å². The van der Waals surface area contributed by atoms with Crippen molar-refractivity contribution < 1.29 is 18.8 Å². The summed E-state index contributed by atoms with van der Waals surface area (Å²) < 4.78 is 19.4. The molecular formula is C19H16ClFN2O3. The molecule has 5 nitrogen and oxygen atoms in total. The van der Waals surface area contributed by atoms with Gasteiger partial charge in [0.1, 0.15) is 17.3 Å². The fourth-order valence-corrected chi connectivity index (χ4v) is 3.67. The van der Waals surface area contributed by atoms with Gasteiger partial charge in [0.2, 0.25) is 0 Å². The quantitative estimate of drug-likeness (QED) is 0.827. The highest BCUT2D eigenvalue weighted by molar-refractivity contribution is 6.34. The van der Waals surface area contributed by atoms with E-state index < -0.39 is 5.82 Å². The number of likely N-dealkylation sites (tertiary alicyclic amines) is 1. The van der Waals surface area contributed by atoms with E-state index >= 15 is 0 Å². The summed E-state index contributed by atoms with van der Waals surface area (Å²) in [5, 5.41) is 4.32. The zero-order valence-corrected chi connectivity index (χ0v) is 14.7. The van der Waals surface area contributed by atoms with Crippen molar-refractivity contribution in [1.82, 2.24) is 4.90 Å². The number of rotatable bonds is 3.